The summed E-state index contributed by atoms with van der Waals surface area (Å²) in [4.78, 5) is 11.9. The summed E-state index contributed by atoms with van der Waals surface area (Å²) >= 11 is 3.05. The summed E-state index contributed by atoms with van der Waals surface area (Å²) in [5, 5.41) is 9.05. The monoisotopic (exact) mass is 364 g/mol. The van der Waals surface area contributed by atoms with Gasteiger partial charge in [0.2, 0.25) is 0 Å². The second-order valence-corrected chi connectivity index (χ2v) is 5.46. The first-order valence-corrected chi connectivity index (χ1v) is 6.96. The maximum Gasteiger partial charge on any atom is 0.420 e. The van der Waals surface area contributed by atoms with Crippen molar-refractivity contribution in [2.24, 2.45) is 0 Å². The van der Waals surface area contributed by atoms with Gasteiger partial charge in [-0.25, -0.2) is 13.6 Å². The topological polar surface area (TPSA) is 58.9 Å². The largest absolute Gasteiger partial charge is 0.420 e. The fraction of sp³-hybridized carbons (Fsp3) is 0.0667. The number of benzene rings is 2. The molecule has 3 rings (SSSR count). The third kappa shape index (κ3) is 2.42. The third-order valence-electron chi connectivity index (χ3n) is 3.23. The minimum absolute atomic E-state index is 0.0209. The molecule has 4 nitrogen and oxygen atoms in total. The van der Waals surface area contributed by atoms with E-state index in [-0.39, 0.29) is 22.2 Å². The second kappa shape index (κ2) is 5.39. The van der Waals surface area contributed by atoms with Crippen molar-refractivity contribution in [1.29, 1.82) is 5.26 Å². The molecule has 22 heavy (non-hydrogen) atoms. The number of aromatic nitrogens is 1. The van der Waals surface area contributed by atoms with Gasteiger partial charge in [-0.05, 0) is 39.7 Å². The molecule has 0 aliphatic rings. The number of hydrogen-bond acceptors (Lipinski definition) is 3. The lowest BCUT2D eigenvalue weighted by Crippen LogP contribution is -2.15. The minimum atomic E-state index is -0.680. The molecule has 0 bridgehead atoms. The van der Waals surface area contributed by atoms with Gasteiger partial charge < -0.3 is 4.42 Å². The summed E-state index contributed by atoms with van der Waals surface area (Å²) in [6, 6.07) is 8.14. The number of nitriles is 1. The van der Waals surface area contributed by atoms with Crippen LogP contribution in [0.5, 0.6) is 0 Å². The molecule has 0 radical (unpaired) electrons. The van der Waals surface area contributed by atoms with Crippen molar-refractivity contribution in [1.82, 2.24) is 4.57 Å². The standard InChI is InChI=1S/C15H7BrF2N2O2/c16-11-4-13-14(5-12(11)18)22-15(21)20(13)7-8-1-2-10(17)3-9(8)6-19/h1-5H,7H2. The van der Waals surface area contributed by atoms with Crippen LogP contribution in [0.15, 0.2) is 44.0 Å². The van der Waals surface area contributed by atoms with Gasteiger partial charge in [0.15, 0.2) is 5.58 Å². The first-order chi connectivity index (χ1) is 10.5. The molecule has 2 aromatic carbocycles. The third-order valence-corrected chi connectivity index (χ3v) is 3.84. The molecule has 1 aromatic heterocycles. The summed E-state index contributed by atoms with van der Waals surface area (Å²) in [6.45, 7) is 0.0209. The fourth-order valence-corrected chi connectivity index (χ4v) is 2.50. The Balaban J connectivity index is 2.16. The van der Waals surface area contributed by atoms with E-state index < -0.39 is 17.4 Å². The molecule has 0 fully saturated rings. The SMILES string of the molecule is N#Cc1cc(F)ccc1Cn1c(=O)oc2cc(F)c(Br)cc21. The summed E-state index contributed by atoms with van der Waals surface area (Å²) in [5.74, 6) is -1.76. The van der Waals surface area contributed by atoms with Crippen molar-refractivity contribution >= 4 is 27.0 Å². The molecule has 3 aromatic rings. The molecule has 1 heterocycles. The number of fused-ring (bicyclic) bond motifs is 1. The van der Waals surface area contributed by atoms with Gasteiger partial charge >= 0.3 is 5.76 Å². The van der Waals surface area contributed by atoms with Crippen molar-refractivity contribution in [3.05, 3.63) is 68.1 Å². The molecule has 0 saturated heterocycles. The van der Waals surface area contributed by atoms with E-state index in [0.717, 1.165) is 12.1 Å². The maximum atomic E-state index is 13.5. The van der Waals surface area contributed by atoms with Gasteiger partial charge in [-0.3, -0.25) is 4.57 Å². The number of oxazole rings is 1. The van der Waals surface area contributed by atoms with Crippen LogP contribution in [-0.4, -0.2) is 4.57 Å². The Kier molecular flexibility index (Phi) is 3.54. The maximum absolute atomic E-state index is 13.5. The Labute approximate surface area is 131 Å². The van der Waals surface area contributed by atoms with Crippen LogP contribution in [0.3, 0.4) is 0 Å². The lowest BCUT2D eigenvalue weighted by molar-refractivity contribution is 0.515. The summed E-state index contributed by atoms with van der Waals surface area (Å²) in [5.41, 5.74) is 1.08. The smallest absolute Gasteiger partial charge is 0.408 e. The van der Waals surface area contributed by atoms with Crippen LogP contribution in [0.25, 0.3) is 11.1 Å². The van der Waals surface area contributed by atoms with Crippen LogP contribution in [0.2, 0.25) is 0 Å². The first-order valence-electron chi connectivity index (χ1n) is 6.16. The molecular formula is C15H7BrF2N2O2. The average Bonchev–Trinajstić information content (AvgIpc) is 2.77. The van der Waals surface area contributed by atoms with Gasteiger partial charge in [-0.15, -0.1) is 0 Å². The van der Waals surface area contributed by atoms with Crippen LogP contribution in [0, 0.1) is 23.0 Å². The Bertz CT molecular complexity index is 986. The van der Waals surface area contributed by atoms with Crippen molar-refractivity contribution < 1.29 is 13.2 Å². The van der Waals surface area contributed by atoms with Gasteiger partial charge in [0.25, 0.3) is 0 Å². The van der Waals surface area contributed by atoms with Crippen molar-refractivity contribution in [2.45, 2.75) is 6.54 Å². The molecule has 7 heteroatoms. The van der Waals surface area contributed by atoms with E-state index in [0.29, 0.717) is 11.1 Å². The van der Waals surface area contributed by atoms with Crippen molar-refractivity contribution in [3.8, 4) is 6.07 Å². The summed E-state index contributed by atoms with van der Waals surface area (Å²) < 4.78 is 33.1. The highest BCUT2D eigenvalue weighted by Crippen LogP contribution is 2.23. The molecule has 0 aliphatic heterocycles. The van der Waals surface area contributed by atoms with E-state index in [1.165, 1.54) is 22.8 Å². The van der Waals surface area contributed by atoms with Gasteiger partial charge in [-0.2, -0.15) is 5.26 Å². The quantitative estimate of drug-likeness (QED) is 0.698. The van der Waals surface area contributed by atoms with Gasteiger partial charge in [0.1, 0.15) is 11.6 Å². The first kappa shape index (κ1) is 14.5. The van der Waals surface area contributed by atoms with Crippen molar-refractivity contribution in [2.75, 3.05) is 0 Å². The van der Waals surface area contributed by atoms with E-state index in [9.17, 15) is 13.6 Å². The zero-order valence-corrected chi connectivity index (χ0v) is 12.5. The molecule has 0 amide bonds. The minimum Gasteiger partial charge on any atom is -0.408 e. The zero-order valence-electron chi connectivity index (χ0n) is 10.9. The van der Waals surface area contributed by atoms with E-state index in [2.05, 4.69) is 15.9 Å². The van der Waals surface area contributed by atoms with Crippen LogP contribution in [0.4, 0.5) is 8.78 Å². The summed E-state index contributed by atoms with van der Waals surface area (Å²) in [7, 11) is 0. The molecule has 110 valence electrons. The van der Waals surface area contributed by atoms with E-state index in [4.69, 9.17) is 9.68 Å². The van der Waals surface area contributed by atoms with Gasteiger partial charge in [0.05, 0.1) is 28.2 Å². The molecule has 0 saturated carbocycles. The average molecular weight is 365 g/mol. The Morgan fingerprint density at radius 2 is 2.05 bits per heavy atom. The van der Waals surface area contributed by atoms with E-state index in [1.54, 1.807) is 0 Å². The van der Waals surface area contributed by atoms with Crippen molar-refractivity contribution in [3.63, 3.8) is 0 Å². The fourth-order valence-electron chi connectivity index (χ4n) is 2.17. The van der Waals surface area contributed by atoms with Gasteiger partial charge in [0, 0.05) is 6.07 Å². The molecule has 0 atom stereocenters. The molecule has 0 aliphatic carbocycles. The van der Waals surface area contributed by atoms with Crippen LogP contribution < -0.4 is 5.76 Å². The van der Waals surface area contributed by atoms with E-state index in [1.807, 2.05) is 6.07 Å². The predicted octanol–water partition coefficient (Wildman–Crippen LogP) is 3.56. The predicted molar refractivity (Wildman–Crippen MR) is 78.3 cm³/mol. The van der Waals surface area contributed by atoms with Crippen LogP contribution in [-0.2, 0) is 6.54 Å². The number of halogens is 3. The molecule has 0 unspecified atom stereocenters. The zero-order chi connectivity index (χ0) is 15.9. The highest BCUT2D eigenvalue weighted by Gasteiger charge is 2.14. The Hall–Kier alpha value is -2.46. The van der Waals surface area contributed by atoms with Gasteiger partial charge in [-0.1, -0.05) is 6.07 Å². The van der Waals surface area contributed by atoms with Crippen LogP contribution in [0.1, 0.15) is 11.1 Å². The highest BCUT2D eigenvalue weighted by molar-refractivity contribution is 9.10. The lowest BCUT2D eigenvalue weighted by Gasteiger charge is -2.05. The Morgan fingerprint density at radius 3 is 2.77 bits per heavy atom. The Morgan fingerprint density at radius 1 is 1.27 bits per heavy atom. The lowest BCUT2D eigenvalue weighted by atomic mass is 10.1. The van der Waals surface area contributed by atoms with E-state index >= 15 is 0 Å². The second-order valence-electron chi connectivity index (χ2n) is 4.60. The molecule has 0 spiro atoms. The highest BCUT2D eigenvalue weighted by atomic mass is 79.9. The number of hydrogen-bond donors (Lipinski definition) is 0. The number of rotatable bonds is 2. The normalized spacial score (nSPS) is 10.8. The summed E-state index contributed by atoms with van der Waals surface area (Å²) in [6.07, 6.45) is 0. The molecule has 0 N–H and O–H groups in total. The van der Waals surface area contributed by atoms with Crippen LogP contribution >= 0.6 is 15.9 Å². The number of nitrogens with zero attached hydrogens (tertiary/aromatic N) is 2. The molecular weight excluding hydrogens is 358 g/mol.